The molecule has 1 unspecified atom stereocenters. The molecule has 4 nitrogen and oxygen atoms in total. The van der Waals surface area contributed by atoms with Crippen molar-refractivity contribution < 1.29 is 9.59 Å². The van der Waals surface area contributed by atoms with Crippen molar-refractivity contribution >= 4 is 39.1 Å². The molecule has 2 amide bonds. The summed E-state index contributed by atoms with van der Waals surface area (Å²) in [4.78, 5) is 26.1. The van der Waals surface area contributed by atoms with Crippen molar-refractivity contribution in [2.75, 3.05) is 6.54 Å². The predicted octanol–water partition coefficient (Wildman–Crippen LogP) is 1.75. The van der Waals surface area contributed by atoms with Gasteiger partial charge in [0.25, 0.3) is 0 Å². The van der Waals surface area contributed by atoms with Crippen LogP contribution in [0.2, 0.25) is 0 Å². The Labute approximate surface area is 112 Å². The average molecular weight is 317 g/mol. The van der Waals surface area contributed by atoms with Gasteiger partial charge >= 0.3 is 0 Å². The second kappa shape index (κ2) is 5.18. The standard InChI is InChI=1S/C11H13BrN2O2S/c1-7-4-10(15)13-5-11(16)14(7)6-9-8(12)2-3-17-9/h2-3,7H,4-6H2,1H3,(H,13,15). The normalized spacial score (nSPS) is 21.3. The molecule has 1 aliphatic rings. The van der Waals surface area contributed by atoms with Crippen LogP contribution in [-0.4, -0.2) is 29.3 Å². The molecule has 1 aromatic rings. The van der Waals surface area contributed by atoms with Gasteiger partial charge in [-0.2, -0.15) is 0 Å². The van der Waals surface area contributed by atoms with Gasteiger partial charge in [-0.05, 0) is 34.3 Å². The first kappa shape index (κ1) is 12.6. The molecule has 0 spiro atoms. The van der Waals surface area contributed by atoms with Crippen molar-refractivity contribution in [2.45, 2.75) is 25.9 Å². The number of carbonyl (C=O) groups is 2. The third-order valence-corrected chi connectivity index (χ3v) is 4.69. The zero-order valence-corrected chi connectivity index (χ0v) is 11.8. The molecule has 2 rings (SSSR count). The van der Waals surface area contributed by atoms with Crippen LogP contribution in [0.3, 0.4) is 0 Å². The lowest BCUT2D eigenvalue weighted by atomic mass is 10.2. The van der Waals surface area contributed by atoms with Crippen LogP contribution in [0, 0.1) is 0 Å². The van der Waals surface area contributed by atoms with Crippen LogP contribution < -0.4 is 5.32 Å². The van der Waals surface area contributed by atoms with E-state index in [0.717, 1.165) is 9.35 Å². The number of carbonyl (C=O) groups excluding carboxylic acids is 2. The second-order valence-electron chi connectivity index (χ2n) is 4.04. The lowest BCUT2D eigenvalue weighted by molar-refractivity contribution is -0.132. The number of hydrogen-bond acceptors (Lipinski definition) is 3. The predicted molar refractivity (Wildman–Crippen MR) is 69.7 cm³/mol. The Morgan fingerprint density at radius 3 is 3.00 bits per heavy atom. The fraction of sp³-hybridized carbons (Fsp3) is 0.455. The first-order valence-corrected chi connectivity index (χ1v) is 7.03. The van der Waals surface area contributed by atoms with Gasteiger partial charge in [-0.1, -0.05) is 0 Å². The van der Waals surface area contributed by atoms with E-state index in [9.17, 15) is 9.59 Å². The summed E-state index contributed by atoms with van der Waals surface area (Å²) in [5.74, 6) is -0.0813. The van der Waals surface area contributed by atoms with Crippen molar-refractivity contribution in [1.29, 1.82) is 0 Å². The number of nitrogens with one attached hydrogen (secondary N) is 1. The molecular formula is C11H13BrN2O2S. The molecule has 1 fully saturated rings. The molecule has 0 saturated carbocycles. The van der Waals surface area contributed by atoms with Crippen LogP contribution in [0.25, 0.3) is 0 Å². The van der Waals surface area contributed by atoms with Crippen molar-refractivity contribution in [2.24, 2.45) is 0 Å². The highest BCUT2D eigenvalue weighted by atomic mass is 79.9. The van der Waals surface area contributed by atoms with E-state index in [1.807, 2.05) is 18.4 Å². The van der Waals surface area contributed by atoms with Crippen molar-refractivity contribution in [1.82, 2.24) is 10.2 Å². The molecule has 0 aliphatic carbocycles. The van der Waals surface area contributed by atoms with E-state index in [1.54, 1.807) is 16.2 Å². The number of hydrogen-bond donors (Lipinski definition) is 1. The molecule has 17 heavy (non-hydrogen) atoms. The topological polar surface area (TPSA) is 49.4 Å². The Kier molecular flexibility index (Phi) is 3.83. The molecule has 0 radical (unpaired) electrons. The van der Waals surface area contributed by atoms with Crippen LogP contribution in [0.4, 0.5) is 0 Å². The number of amides is 2. The van der Waals surface area contributed by atoms with Crippen molar-refractivity contribution in [3.63, 3.8) is 0 Å². The molecule has 92 valence electrons. The molecule has 0 aromatic carbocycles. The highest BCUT2D eigenvalue weighted by Crippen LogP contribution is 2.25. The van der Waals surface area contributed by atoms with Gasteiger partial charge in [0, 0.05) is 21.8 Å². The quantitative estimate of drug-likeness (QED) is 0.903. The molecule has 1 aromatic heterocycles. The minimum atomic E-state index is -0.0569. The minimum Gasteiger partial charge on any atom is -0.347 e. The summed E-state index contributed by atoms with van der Waals surface area (Å²) in [6.07, 6.45) is 0.370. The monoisotopic (exact) mass is 316 g/mol. The smallest absolute Gasteiger partial charge is 0.242 e. The number of thiophene rings is 1. The van der Waals surface area contributed by atoms with Gasteiger partial charge in [-0.3, -0.25) is 9.59 Å². The summed E-state index contributed by atoms with van der Waals surface area (Å²) in [6, 6.07) is 1.91. The van der Waals surface area contributed by atoms with Crippen LogP contribution in [-0.2, 0) is 16.1 Å². The summed E-state index contributed by atoms with van der Waals surface area (Å²) in [7, 11) is 0. The van der Waals surface area contributed by atoms with E-state index < -0.39 is 0 Å². The first-order chi connectivity index (χ1) is 8.08. The van der Waals surface area contributed by atoms with E-state index in [-0.39, 0.29) is 24.4 Å². The van der Waals surface area contributed by atoms with E-state index >= 15 is 0 Å². The Morgan fingerprint density at radius 1 is 1.59 bits per heavy atom. The molecule has 2 heterocycles. The lowest BCUT2D eigenvalue weighted by Crippen LogP contribution is -2.38. The van der Waals surface area contributed by atoms with Gasteiger partial charge in [-0.15, -0.1) is 11.3 Å². The maximum Gasteiger partial charge on any atom is 0.242 e. The summed E-state index contributed by atoms with van der Waals surface area (Å²) in [5, 5.41) is 4.59. The second-order valence-corrected chi connectivity index (χ2v) is 5.90. The van der Waals surface area contributed by atoms with Crippen molar-refractivity contribution in [3.05, 3.63) is 20.8 Å². The Morgan fingerprint density at radius 2 is 2.35 bits per heavy atom. The molecule has 6 heteroatoms. The van der Waals surface area contributed by atoms with Gasteiger partial charge in [0.05, 0.1) is 13.1 Å². The maximum atomic E-state index is 11.9. The van der Waals surface area contributed by atoms with Gasteiger partial charge in [0.1, 0.15) is 0 Å². The van der Waals surface area contributed by atoms with E-state index in [1.165, 1.54) is 0 Å². The molecule has 1 atom stereocenters. The number of rotatable bonds is 2. The van der Waals surface area contributed by atoms with E-state index in [2.05, 4.69) is 21.2 Å². The van der Waals surface area contributed by atoms with Crippen LogP contribution >= 0.6 is 27.3 Å². The first-order valence-electron chi connectivity index (χ1n) is 5.36. The Hall–Kier alpha value is -0.880. The van der Waals surface area contributed by atoms with Gasteiger partial charge in [0.2, 0.25) is 11.8 Å². The minimum absolute atomic E-state index is 0.0244. The van der Waals surface area contributed by atoms with Crippen LogP contribution in [0.15, 0.2) is 15.9 Å². The number of halogens is 1. The number of nitrogens with zero attached hydrogens (tertiary/aromatic N) is 1. The summed E-state index contributed by atoms with van der Waals surface area (Å²) in [6.45, 7) is 2.57. The fourth-order valence-electron chi connectivity index (χ4n) is 1.81. The van der Waals surface area contributed by atoms with E-state index in [4.69, 9.17) is 0 Å². The van der Waals surface area contributed by atoms with Gasteiger partial charge < -0.3 is 10.2 Å². The third-order valence-electron chi connectivity index (χ3n) is 2.77. The molecule has 1 N–H and O–H groups in total. The third kappa shape index (κ3) is 2.87. The van der Waals surface area contributed by atoms with Crippen LogP contribution in [0.5, 0.6) is 0 Å². The summed E-state index contributed by atoms with van der Waals surface area (Å²) >= 11 is 5.06. The van der Waals surface area contributed by atoms with Crippen LogP contribution in [0.1, 0.15) is 18.2 Å². The van der Waals surface area contributed by atoms with Gasteiger partial charge in [0.15, 0.2) is 0 Å². The summed E-state index contributed by atoms with van der Waals surface area (Å²) < 4.78 is 1.02. The Bertz CT molecular complexity index is 446. The van der Waals surface area contributed by atoms with E-state index in [0.29, 0.717) is 13.0 Å². The highest BCUT2D eigenvalue weighted by Gasteiger charge is 2.27. The fourth-order valence-corrected chi connectivity index (χ4v) is 3.28. The zero-order chi connectivity index (χ0) is 12.4. The van der Waals surface area contributed by atoms with Crippen molar-refractivity contribution in [3.8, 4) is 0 Å². The highest BCUT2D eigenvalue weighted by molar-refractivity contribution is 9.10. The zero-order valence-electron chi connectivity index (χ0n) is 9.40. The summed E-state index contributed by atoms with van der Waals surface area (Å²) in [5.41, 5.74) is 0. The molecular weight excluding hydrogens is 304 g/mol. The Balaban J connectivity index is 2.15. The maximum absolute atomic E-state index is 11.9. The molecule has 0 bridgehead atoms. The molecule has 1 saturated heterocycles. The van der Waals surface area contributed by atoms with Gasteiger partial charge in [-0.25, -0.2) is 0 Å². The average Bonchev–Trinajstić information content (AvgIpc) is 2.63. The largest absolute Gasteiger partial charge is 0.347 e. The molecule has 1 aliphatic heterocycles. The lowest BCUT2D eigenvalue weighted by Gasteiger charge is -2.25. The SMILES string of the molecule is CC1CC(=O)NCC(=O)N1Cc1sccc1Br.